The molecule has 0 aromatic carbocycles. The smallest absolute Gasteiger partial charge is 0.411 e. The van der Waals surface area contributed by atoms with Crippen LogP contribution in [0.25, 0.3) is 0 Å². The predicted octanol–water partition coefficient (Wildman–Crippen LogP) is 0.656. The minimum absolute atomic E-state index is 0.114. The summed E-state index contributed by atoms with van der Waals surface area (Å²) < 4.78 is 34.3. The lowest BCUT2D eigenvalue weighted by molar-refractivity contribution is -0.146. The number of rotatable bonds is 2. The zero-order chi connectivity index (χ0) is 17.6. The average Bonchev–Trinajstić information content (AvgIpc) is 2.92. The first-order chi connectivity index (χ1) is 10.5. The fourth-order valence-electron chi connectivity index (χ4n) is 2.31. The van der Waals surface area contributed by atoms with E-state index in [9.17, 15) is 18.0 Å². The number of nitrogens with zero attached hydrogens (tertiary/aromatic N) is 3. The Bertz CT molecular complexity index is 746. The van der Waals surface area contributed by atoms with E-state index in [1.54, 1.807) is 20.8 Å². The van der Waals surface area contributed by atoms with Crippen molar-refractivity contribution >= 4 is 22.1 Å². The molecule has 0 N–H and O–H groups in total. The largest absolute Gasteiger partial charge is 0.467 e. The van der Waals surface area contributed by atoms with E-state index in [2.05, 4.69) is 5.10 Å². The van der Waals surface area contributed by atoms with Gasteiger partial charge in [0.05, 0.1) is 31.8 Å². The molecular formula is C13H19N3O6S. The molecule has 1 amide bonds. The highest BCUT2D eigenvalue weighted by atomic mass is 32.2. The number of hydrogen-bond acceptors (Lipinski definition) is 7. The number of esters is 1. The lowest BCUT2D eigenvalue weighted by Crippen LogP contribution is -2.39. The van der Waals surface area contributed by atoms with Crippen molar-refractivity contribution < 1.29 is 27.5 Å². The number of hydrogen-bond donors (Lipinski definition) is 0. The van der Waals surface area contributed by atoms with Gasteiger partial charge in [0.2, 0.25) is 0 Å². The highest BCUT2D eigenvalue weighted by Gasteiger charge is 2.44. The molecule has 1 aromatic heterocycles. The number of carbonyl (C=O) groups excluding carboxylic acids is 2. The van der Waals surface area contributed by atoms with Gasteiger partial charge in [-0.15, -0.1) is 0 Å². The molecule has 10 heteroatoms. The monoisotopic (exact) mass is 345 g/mol. The number of aromatic nitrogens is 2. The highest BCUT2D eigenvalue weighted by Crippen LogP contribution is 2.36. The molecule has 0 bridgehead atoms. The quantitative estimate of drug-likeness (QED) is 0.724. The van der Waals surface area contributed by atoms with Gasteiger partial charge < -0.3 is 9.47 Å². The van der Waals surface area contributed by atoms with E-state index >= 15 is 0 Å². The normalized spacial score (nSPS) is 17.8. The van der Waals surface area contributed by atoms with Gasteiger partial charge in [-0.3, -0.25) is 4.90 Å². The molecule has 1 aliphatic rings. The zero-order valence-corrected chi connectivity index (χ0v) is 14.4. The molecule has 1 aliphatic heterocycles. The Morgan fingerprint density at radius 2 is 1.96 bits per heavy atom. The van der Waals surface area contributed by atoms with Crippen molar-refractivity contribution in [3.05, 3.63) is 17.5 Å². The van der Waals surface area contributed by atoms with Crippen molar-refractivity contribution in [1.29, 1.82) is 0 Å². The molecule has 0 aliphatic carbocycles. The van der Waals surface area contributed by atoms with Gasteiger partial charge in [0.15, 0.2) is 6.04 Å². The Labute approximate surface area is 134 Å². The summed E-state index contributed by atoms with van der Waals surface area (Å²) in [6.45, 7) is 4.97. The second kappa shape index (κ2) is 5.52. The third kappa shape index (κ3) is 3.31. The first-order valence-corrected chi connectivity index (χ1v) is 8.65. The van der Waals surface area contributed by atoms with Crippen LogP contribution in [0, 0.1) is 0 Å². The van der Waals surface area contributed by atoms with Gasteiger partial charge in [0.25, 0.3) is 10.0 Å². The summed E-state index contributed by atoms with van der Waals surface area (Å²) in [6, 6.07) is -1.08. The van der Waals surface area contributed by atoms with Gasteiger partial charge in [-0.2, -0.15) is 9.19 Å². The molecule has 0 unspecified atom stereocenters. The van der Waals surface area contributed by atoms with Crippen LogP contribution in [0.4, 0.5) is 4.79 Å². The molecule has 0 saturated heterocycles. The van der Waals surface area contributed by atoms with Crippen LogP contribution in [0.1, 0.15) is 38.1 Å². The molecule has 0 radical (unpaired) electrons. The van der Waals surface area contributed by atoms with E-state index in [0.717, 1.165) is 15.2 Å². The van der Waals surface area contributed by atoms with Crippen LogP contribution in [0.2, 0.25) is 0 Å². The third-order valence-corrected chi connectivity index (χ3v) is 4.10. The minimum atomic E-state index is -3.65. The van der Waals surface area contributed by atoms with Crippen LogP contribution >= 0.6 is 0 Å². The standard InChI is InChI=1S/C13H19N3O6S/c1-13(2,3)22-12(18)15-7-9-8(10(15)11(17)21-4)6-14-16(9)23(5,19)20/h6,10H,7H2,1-5H3/t10-/m1/s1. The first-order valence-electron chi connectivity index (χ1n) is 6.80. The van der Waals surface area contributed by atoms with Gasteiger partial charge >= 0.3 is 12.1 Å². The van der Waals surface area contributed by atoms with E-state index in [4.69, 9.17) is 9.47 Å². The van der Waals surface area contributed by atoms with Crippen LogP contribution in [0.5, 0.6) is 0 Å². The van der Waals surface area contributed by atoms with E-state index in [-0.39, 0.29) is 12.2 Å². The summed E-state index contributed by atoms with van der Waals surface area (Å²) >= 11 is 0. The average molecular weight is 345 g/mol. The summed E-state index contributed by atoms with van der Waals surface area (Å²) in [7, 11) is -2.46. The van der Waals surface area contributed by atoms with Crippen molar-refractivity contribution in [2.24, 2.45) is 0 Å². The van der Waals surface area contributed by atoms with Crippen molar-refractivity contribution in [2.45, 2.75) is 39.0 Å². The van der Waals surface area contributed by atoms with Crippen molar-refractivity contribution in [3.63, 3.8) is 0 Å². The number of ether oxygens (including phenoxy) is 2. The Morgan fingerprint density at radius 1 is 1.35 bits per heavy atom. The number of methoxy groups -OCH3 is 1. The summed E-state index contributed by atoms with van der Waals surface area (Å²) in [5.41, 5.74) is -0.197. The third-order valence-electron chi connectivity index (χ3n) is 3.16. The Balaban J connectivity index is 2.44. The molecular weight excluding hydrogens is 326 g/mol. The topological polar surface area (TPSA) is 108 Å². The number of carbonyl (C=O) groups is 2. The molecule has 2 heterocycles. The molecule has 1 atom stereocenters. The second-order valence-corrected chi connectivity index (χ2v) is 8.00. The Hall–Kier alpha value is -2.10. The van der Waals surface area contributed by atoms with Gasteiger partial charge in [0, 0.05) is 5.56 Å². The number of fused-ring (bicyclic) bond motifs is 1. The predicted molar refractivity (Wildman–Crippen MR) is 79.0 cm³/mol. The minimum Gasteiger partial charge on any atom is -0.467 e. The molecule has 1 aromatic rings. The first kappa shape index (κ1) is 17.3. The van der Waals surface area contributed by atoms with Gasteiger partial charge in [-0.25, -0.2) is 18.0 Å². The van der Waals surface area contributed by atoms with Crippen LogP contribution in [-0.2, 0) is 30.8 Å². The van der Waals surface area contributed by atoms with Crippen molar-refractivity contribution in [1.82, 2.24) is 14.1 Å². The Kier molecular flexibility index (Phi) is 4.14. The van der Waals surface area contributed by atoms with Crippen molar-refractivity contribution in [2.75, 3.05) is 13.4 Å². The van der Waals surface area contributed by atoms with Crippen molar-refractivity contribution in [3.8, 4) is 0 Å². The lowest BCUT2D eigenvalue weighted by atomic mass is 10.1. The maximum Gasteiger partial charge on any atom is 0.411 e. The van der Waals surface area contributed by atoms with Crippen LogP contribution < -0.4 is 0 Å². The summed E-state index contributed by atoms with van der Waals surface area (Å²) in [5, 5.41) is 3.79. The Morgan fingerprint density at radius 3 is 2.43 bits per heavy atom. The fourth-order valence-corrected chi connectivity index (χ4v) is 3.09. The maximum atomic E-state index is 12.3. The van der Waals surface area contributed by atoms with Gasteiger partial charge in [0.1, 0.15) is 5.60 Å². The van der Waals surface area contributed by atoms with E-state index < -0.39 is 33.7 Å². The second-order valence-electron chi connectivity index (χ2n) is 6.19. The molecule has 9 nitrogen and oxygen atoms in total. The fraction of sp³-hybridized carbons (Fsp3) is 0.615. The van der Waals surface area contributed by atoms with E-state index in [1.165, 1.54) is 13.3 Å². The molecule has 0 spiro atoms. The van der Waals surface area contributed by atoms with Crippen LogP contribution in [0.15, 0.2) is 6.20 Å². The van der Waals surface area contributed by atoms with Gasteiger partial charge in [-0.05, 0) is 20.8 Å². The van der Waals surface area contributed by atoms with Gasteiger partial charge in [-0.1, -0.05) is 0 Å². The van der Waals surface area contributed by atoms with E-state index in [0.29, 0.717) is 5.56 Å². The van der Waals surface area contributed by atoms with E-state index in [1.807, 2.05) is 0 Å². The molecule has 128 valence electrons. The SMILES string of the molecule is COC(=O)[C@H]1c2cnn(S(C)(=O)=O)c2CN1C(=O)OC(C)(C)C. The molecule has 0 fully saturated rings. The highest BCUT2D eigenvalue weighted by molar-refractivity contribution is 7.89. The summed E-state index contributed by atoms with van der Waals surface area (Å²) in [6.07, 6.45) is 1.51. The van der Waals surface area contributed by atoms with Crippen LogP contribution in [0.3, 0.4) is 0 Å². The molecule has 0 saturated carbocycles. The lowest BCUT2D eigenvalue weighted by Gasteiger charge is -2.27. The summed E-state index contributed by atoms with van der Waals surface area (Å²) in [5.74, 6) is -0.692. The summed E-state index contributed by atoms with van der Waals surface area (Å²) in [4.78, 5) is 25.5. The maximum absolute atomic E-state index is 12.3. The molecule has 23 heavy (non-hydrogen) atoms. The molecule has 2 rings (SSSR count). The number of amides is 1. The van der Waals surface area contributed by atoms with Crippen LogP contribution in [-0.4, -0.2) is 53.5 Å². The zero-order valence-electron chi connectivity index (χ0n) is 13.6.